The molecule has 0 fully saturated rings. The first-order valence-corrected chi connectivity index (χ1v) is 3.77. The molecule has 0 atom stereocenters. The molecule has 0 radical (unpaired) electrons. The molecule has 0 saturated carbocycles. The van der Waals surface area contributed by atoms with Gasteiger partial charge in [-0.25, -0.2) is 0 Å². The van der Waals surface area contributed by atoms with Crippen molar-refractivity contribution in [3.63, 3.8) is 0 Å². The third kappa shape index (κ3) is 3.27. The molecule has 0 aliphatic carbocycles. The van der Waals surface area contributed by atoms with Crippen molar-refractivity contribution in [3.8, 4) is 6.19 Å². The number of benzene rings is 1. The van der Waals surface area contributed by atoms with Crippen LogP contribution >= 0.6 is 0 Å². The van der Waals surface area contributed by atoms with E-state index in [1.165, 1.54) is 12.1 Å². The van der Waals surface area contributed by atoms with Crippen LogP contribution in [-0.4, -0.2) is 11.3 Å². The van der Waals surface area contributed by atoms with Gasteiger partial charge in [-0.1, -0.05) is 23.2 Å². The van der Waals surface area contributed by atoms with Crippen LogP contribution in [0.4, 0.5) is 18.9 Å². The lowest BCUT2D eigenvalue weighted by Crippen LogP contribution is -2.28. The van der Waals surface area contributed by atoms with Crippen molar-refractivity contribution in [3.05, 3.63) is 30.3 Å². The number of hydrogen-bond acceptors (Lipinski definition) is 3. The fourth-order valence-corrected chi connectivity index (χ4v) is 0.718. The lowest BCUT2D eigenvalue weighted by atomic mass is 10.3. The van der Waals surface area contributed by atoms with Crippen LogP contribution in [0.3, 0.4) is 0 Å². The third-order valence-corrected chi connectivity index (χ3v) is 1.34. The van der Waals surface area contributed by atoms with E-state index in [-0.39, 0.29) is 5.69 Å². The zero-order chi connectivity index (χ0) is 11.3. The van der Waals surface area contributed by atoms with Crippen LogP contribution in [0.2, 0.25) is 0 Å². The highest BCUT2D eigenvalue weighted by Crippen LogP contribution is 2.22. The fourth-order valence-electron chi connectivity index (χ4n) is 0.718. The molecule has 0 aromatic heterocycles. The summed E-state index contributed by atoms with van der Waals surface area (Å²) in [5.41, 5.74) is 0.238. The molecule has 0 unspecified atom stereocenters. The zero-order valence-electron chi connectivity index (χ0n) is 7.31. The molecule has 1 aromatic rings. The van der Waals surface area contributed by atoms with Gasteiger partial charge in [-0.05, 0) is 17.4 Å². The van der Waals surface area contributed by atoms with Crippen LogP contribution in [-0.2, 0) is 0 Å². The fraction of sp³-hybridized carbons (Fsp3) is 0.125. The first kappa shape index (κ1) is 11.0. The van der Waals surface area contributed by atoms with E-state index in [9.17, 15) is 13.2 Å². The van der Waals surface area contributed by atoms with Gasteiger partial charge in [-0.3, -0.25) is 0 Å². The summed E-state index contributed by atoms with van der Waals surface area (Å²) in [7, 11) is 0. The summed E-state index contributed by atoms with van der Waals surface area (Å²) in [6.07, 6.45) is -3.98. The number of hydrogen-bond donors (Lipinski definition) is 0. The predicted octanol–water partition coefficient (Wildman–Crippen LogP) is 2.99. The summed E-state index contributed by atoms with van der Waals surface area (Å²) in [6.45, 7) is 0. The number of alkyl halides is 3. The molecule has 0 aliphatic heterocycles. The summed E-state index contributed by atoms with van der Waals surface area (Å²) in [5, 5.41) is 13.4. The van der Waals surface area contributed by atoms with Crippen LogP contribution < -0.4 is 0 Å². The summed E-state index contributed by atoms with van der Waals surface area (Å²) in [4.78, 5) is 0. The van der Waals surface area contributed by atoms with Gasteiger partial charge >= 0.3 is 6.30 Å². The molecule has 4 nitrogen and oxygen atoms in total. The van der Waals surface area contributed by atoms with Crippen molar-refractivity contribution in [2.24, 2.45) is 10.3 Å². The van der Waals surface area contributed by atoms with Crippen molar-refractivity contribution < 1.29 is 13.2 Å². The highest BCUT2D eigenvalue weighted by molar-refractivity contribution is 5.34. The van der Waals surface area contributed by atoms with Crippen LogP contribution in [0.5, 0.6) is 0 Å². The standard InChI is InChI=1S/C8H5F3N4/c9-8(10,11)15(6-12)14-13-7-4-2-1-3-5-7/h1-5H. The Bertz CT molecular complexity index is 379. The minimum absolute atomic E-state index is 0.238. The van der Waals surface area contributed by atoms with E-state index in [4.69, 9.17) is 5.26 Å². The molecular weight excluding hydrogens is 209 g/mol. The number of halogens is 3. The van der Waals surface area contributed by atoms with Gasteiger partial charge in [-0.15, -0.1) is 18.3 Å². The van der Waals surface area contributed by atoms with E-state index in [1.54, 1.807) is 18.2 Å². The maximum absolute atomic E-state index is 12.0. The molecule has 0 heterocycles. The monoisotopic (exact) mass is 214 g/mol. The first-order chi connectivity index (χ1) is 7.04. The minimum atomic E-state index is -4.84. The van der Waals surface area contributed by atoms with Crippen LogP contribution in [0.15, 0.2) is 40.7 Å². The first-order valence-electron chi connectivity index (χ1n) is 3.77. The van der Waals surface area contributed by atoms with Crippen LogP contribution in [0, 0.1) is 11.5 Å². The molecule has 0 bridgehead atoms. The van der Waals surface area contributed by atoms with Crippen molar-refractivity contribution in [1.82, 2.24) is 5.01 Å². The molecule has 0 amide bonds. The van der Waals surface area contributed by atoms with Crippen molar-refractivity contribution in [2.45, 2.75) is 6.30 Å². The van der Waals surface area contributed by atoms with E-state index in [0.29, 0.717) is 0 Å². The van der Waals surface area contributed by atoms with Gasteiger partial charge in [0.05, 0.1) is 5.69 Å². The van der Waals surface area contributed by atoms with E-state index >= 15 is 0 Å². The normalized spacial score (nSPS) is 11.3. The Hall–Kier alpha value is -2.10. The lowest BCUT2D eigenvalue weighted by Gasteiger charge is -2.09. The molecule has 0 spiro atoms. The van der Waals surface area contributed by atoms with Crippen molar-refractivity contribution in [1.29, 1.82) is 5.26 Å². The highest BCUT2D eigenvalue weighted by Gasteiger charge is 2.38. The zero-order valence-corrected chi connectivity index (χ0v) is 7.31. The topological polar surface area (TPSA) is 51.8 Å². The molecule has 1 aromatic carbocycles. The van der Waals surface area contributed by atoms with Crippen molar-refractivity contribution in [2.75, 3.05) is 0 Å². The van der Waals surface area contributed by atoms with Crippen LogP contribution in [0.25, 0.3) is 0 Å². The van der Waals surface area contributed by atoms with E-state index in [0.717, 1.165) is 6.19 Å². The second-order valence-corrected chi connectivity index (χ2v) is 2.40. The maximum atomic E-state index is 12.0. The van der Waals surface area contributed by atoms with E-state index in [2.05, 4.69) is 10.3 Å². The van der Waals surface area contributed by atoms with Gasteiger partial charge in [0.25, 0.3) is 0 Å². The molecule has 15 heavy (non-hydrogen) atoms. The Morgan fingerprint density at radius 3 is 2.27 bits per heavy atom. The summed E-state index contributed by atoms with van der Waals surface area (Å²) in [5.74, 6) is 0. The van der Waals surface area contributed by atoms with Gasteiger partial charge in [0, 0.05) is 0 Å². The number of nitrogens with zero attached hydrogens (tertiary/aromatic N) is 4. The summed E-state index contributed by atoms with van der Waals surface area (Å²) >= 11 is 0. The van der Waals surface area contributed by atoms with Gasteiger partial charge < -0.3 is 0 Å². The quantitative estimate of drug-likeness (QED) is 0.250. The minimum Gasteiger partial charge on any atom is -0.170 e. The highest BCUT2D eigenvalue weighted by atomic mass is 19.4. The Labute approximate surface area is 83.2 Å². The van der Waals surface area contributed by atoms with Crippen LogP contribution in [0.1, 0.15) is 0 Å². The van der Waals surface area contributed by atoms with Gasteiger partial charge in [0.15, 0.2) is 0 Å². The maximum Gasteiger partial charge on any atom is 0.515 e. The number of rotatable bonds is 2. The molecule has 0 aliphatic rings. The number of nitriles is 1. The Balaban J connectivity index is 2.78. The molecular formula is C8H5F3N4. The second-order valence-electron chi connectivity index (χ2n) is 2.40. The molecule has 7 heteroatoms. The Morgan fingerprint density at radius 1 is 1.20 bits per heavy atom. The SMILES string of the molecule is N#CN(N=Nc1ccccc1)C(F)(F)F. The molecule has 0 N–H and O–H groups in total. The molecule has 1 rings (SSSR count). The Morgan fingerprint density at radius 2 is 1.80 bits per heavy atom. The smallest absolute Gasteiger partial charge is 0.170 e. The average molecular weight is 214 g/mol. The summed E-state index contributed by atoms with van der Waals surface area (Å²) < 4.78 is 35.9. The van der Waals surface area contributed by atoms with E-state index < -0.39 is 11.3 Å². The predicted molar refractivity (Wildman–Crippen MR) is 44.5 cm³/mol. The average Bonchev–Trinajstić information content (AvgIpc) is 2.18. The van der Waals surface area contributed by atoms with Gasteiger partial charge in [-0.2, -0.15) is 5.26 Å². The Kier molecular flexibility index (Phi) is 3.23. The van der Waals surface area contributed by atoms with Gasteiger partial charge in [0.1, 0.15) is 0 Å². The largest absolute Gasteiger partial charge is 0.515 e. The molecule has 0 saturated heterocycles. The van der Waals surface area contributed by atoms with Gasteiger partial charge in [0.2, 0.25) is 6.19 Å². The van der Waals surface area contributed by atoms with E-state index in [1.807, 2.05) is 0 Å². The second kappa shape index (κ2) is 4.41. The summed E-state index contributed by atoms with van der Waals surface area (Å²) in [6, 6.07) is 7.81. The lowest BCUT2D eigenvalue weighted by molar-refractivity contribution is -0.226. The van der Waals surface area contributed by atoms with Crippen molar-refractivity contribution >= 4 is 5.69 Å². The third-order valence-electron chi connectivity index (χ3n) is 1.34. The molecule has 78 valence electrons.